The molecule has 0 aliphatic carbocycles. The summed E-state index contributed by atoms with van der Waals surface area (Å²) >= 11 is 15.5. The van der Waals surface area contributed by atoms with Gasteiger partial charge in [0.2, 0.25) is 0 Å². The normalized spacial score (nSPS) is 10.4. The van der Waals surface area contributed by atoms with Gasteiger partial charge in [-0.25, -0.2) is 0 Å². The standard InChI is InChI=1S/C21H16BrCl2NO3/c1-27-20-16(22)9-14(10-19(20)28-12-13-5-3-2-4-6-13)21(26)25-18-11-15(23)7-8-17(18)24/h2-11H,12H2,1H3,(H,25,26). The Morgan fingerprint density at radius 3 is 2.54 bits per heavy atom. The average molecular weight is 481 g/mol. The molecule has 0 heterocycles. The van der Waals surface area contributed by atoms with Crippen LogP contribution in [0.5, 0.6) is 11.5 Å². The van der Waals surface area contributed by atoms with Crippen molar-refractivity contribution in [2.45, 2.75) is 6.61 Å². The van der Waals surface area contributed by atoms with Crippen molar-refractivity contribution in [3.05, 3.63) is 86.3 Å². The highest BCUT2D eigenvalue weighted by molar-refractivity contribution is 9.10. The summed E-state index contributed by atoms with van der Waals surface area (Å²) in [6.45, 7) is 0.342. The van der Waals surface area contributed by atoms with Gasteiger partial charge >= 0.3 is 0 Å². The molecule has 3 rings (SSSR count). The van der Waals surface area contributed by atoms with Gasteiger partial charge in [0.05, 0.1) is 22.3 Å². The van der Waals surface area contributed by atoms with Crippen LogP contribution in [-0.4, -0.2) is 13.0 Å². The minimum absolute atomic E-state index is 0.342. The lowest BCUT2D eigenvalue weighted by Crippen LogP contribution is -2.13. The molecule has 7 heteroatoms. The van der Waals surface area contributed by atoms with E-state index in [2.05, 4.69) is 21.2 Å². The van der Waals surface area contributed by atoms with Gasteiger partial charge in [0.1, 0.15) is 6.61 Å². The summed E-state index contributed by atoms with van der Waals surface area (Å²) in [5, 5.41) is 3.63. The first-order valence-electron chi connectivity index (χ1n) is 8.28. The van der Waals surface area contributed by atoms with Gasteiger partial charge in [-0.05, 0) is 51.8 Å². The zero-order valence-corrected chi connectivity index (χ0v) is 17.9. The first-order valence-corrected chi connectivity index (χ1v) is 9.83. The molecule has 3 aromatic rings. The molecule has 0 aliphatic rings. The summed E-state index contributed by atoms with van der Waals surface area (Å²) in [5.41, 5.74) is 1.81. The van der Waals surface area contributed by atoms with Gasteiger partial charge < -0.3 is 14.8 Å². The first kappa shape index (κ1) is 20.5. The molecule has 4 nitrogen and oxygen atoms in total. The Kier molecular flexibility index (Phi) is 6.83. The maximum atomic E-state index is 12.7. The third kappa shape index (κ3) is 4.98. The zero-order valence-electron chi connectivity index (χ0n) is 14.8. The van der Waals surface area contributed by atoms with E-state index in [1.807, 2.05) is 30.3 Å². The highest BCUT2D eigenvalue weighted by Crippen LogP contribution is 2.37. The summed E-state index contributed by atoms with van der Waals surface area (Å²) in [6.07, 6.45) is 0. The number of ether oxygens (including phenoxy) is 2. The summed E-state index contributed by atoms with van der Waals surface area (Å²) < 4.78 is 11.9. The number of benzene rings is 3. The quantitative estimate of drug-likeness (QED) is 0.432. The van der Waals surface area contributed by atoms with E-state index in [1.165, 1.54) is 0 Å². The van der Waals surface area contributed by atoms with E-state index < -0.39 is 0 Å². The van der Waals surface area contributed by atoms with E-state index in [0.717, 1.165) is 5.56 Å². The van der Waals surface area contributed by atoms with Crippen LogP contribution in [0.1, 0.15) is 15.9 Å². The Balaban J connectivity index is 1.85. The van der Waals surface area contributed by atoms with Crippen LogP contribution in [0.3, 0.4) is 0 Å². The second-order valence-electron chi connectivity index (χ2n) is 5.84. The number of carbonyl (C=O) groups is 1. The summed E-state index contributed by atoms with van der Waals surface area (Å²) in [4.78, 5) is 12.7. The van der Waals surface area contributed by atoms with Gasteiger partial charge in [0, 0.05) is 10.6 Å². The number of rotatable bonds is 6. The average Bonchev–Trinajstić information content (AvgIpc) is 2.69. The maximum absolute atomic E-state index is 12.7. The van der Waals surface area contributed by atoms with Crippen LogP contribution in [0.2, 0.25) is 10.0 Å². The highest BCUT2D eigenvalue weighted by atomic mass is 79.9. The molecule has 3 aromatic carbocycles. The summed E-state index contributed by atoms with van der Waals surface area (Å²) in [5.74, 6) is 0.605. The number of methoxy groups -OCH3 is 1. The molecule has 144 valence electrons. The molecule has 0 radical (unpaired) electrons. The monoisotopic (exact) mass is 479 g/mol. The number of hydrogen-bond donors (Lipinski definition) is 1. The van der Waals surface area contributed by atoms with Crippen LogP contribution in [0.15, 0.2) is 65.1 Å². The second-order valence-corrected chi connectivity index (χ2v) is 7.54. The van der Waals surface area contributed by atoms with Crippen molar-refractivity contribution in [3.63, 3.8) is 0 Å². The van der Waals surface area contributed by atoms with E-state index >= 15 is 0 Å². The van der Waals surface area contributed by atoms with E-state index in [4.69, 9.17) is 32.7 Å². The number of halogens is 3. The number of hydrogen-bond acceptors (Lipinski definition) is 3. The third-order valence-corrected chi connectivity index (χ3v) is 5.04. The molecule has 0 saturated heterocycles. The molecule has 0 fully saturated rings. The molecule has 1 amide bonds. The summed E-state index contributed by atoms with van der Waals surface area (Å²) in [6, 6.07) is 17.9. The lowest BCUT2D eigenvalue weighted by atomic mass is 10.1. The number of carbonyl (C=O) groups excluding carboxylic acids is 1. The Hall–Kier alpha value is -2.21. The van der Waals surface area contributed by atoms with E-state index in [9.17, 15) is 4.79 Å². The highest BCUT2D eigenvalue weighted by Gasteiger charge is 2.17. The Morgan fingerprint density at radius 2 is 1.82 bits per heavy atom. The minimum atomic E-state index is -0.350. The molecule has 1 N–H and O–H groups in total. The fraction of sp³-hybridized carbons (Fsp3) is 0.0952. The first-order chi connectivity index (χ1) is 13.5. The van der Waals surface area contributed by atoms with Crippen LogP contribution in [0.25, 0.3) is 0 Å². The smallest absolute Gasteiger partial charge is 0.255 e. The molecule has 0 bridgehead atoms. The van der Waals surface area contributed by atoms with Crippen molar-refractivity contribution >= 4 is 50.7 Å². The molecule has 0 saturated carbocycles. The van der Waals surface area contributed by atoms with Gasteiger partial charge in [-0.3, -0.25) is 4.79 Å². The van der Waals surface area contributed by atoms with Crippen LogP contribution in [0.4, 0.5) is 5.69 Å². The van der Waals surface area contributed by atoms with E-state index in [0.29, 0.717) is 43.9 Å². The van der Waals surface area contributed by atoms with Crippen molar-refractivity contribution in [1.29, 1.82) is 0 Å². The van der Waals surface area contributed by atoms with Crippen molar-refractivity contribution in [2.75, 3.05) is 12.4 Å². The predicted molar refractivity (Wildman–Crippen MR) is 116 cm³/mol. The van der Waals surface area contributed by atoms with Crippen LogP contribution < -0.4 is 14.8 Å². The topological polar surface area (TPSA) is 47.6 Å². The molecule has 0 unspecified atom stereocenters. The van der Waals surface area contributed by atoms with Crippen molar-refractivity contribution in [2.24, 2.45) is 0 Å². The largest absolute Gasteiger partial charge is 0.492 e. The van der Waals surface area contributed by atoms with Crippen LogP contribution in [-0.2, 0) is 6.61 Å². The molecule has 0 spiro atoms. The number of anilines is 1. The van der Waals surface area contributed by atoms with Gasteiger partial charge in [0.25, 0.3) is 5.91 Å². The van der Waals surface area contributed by atoms with Gasteiger partial charge in [-0.1, -0.05) is 53.5 Å². The molecule has 0 aromatic heterocycles. The molecule has 0 atom stereocenters. The fourth-order valence-corrected chi connectivity index (χ4v) is 3.47. The lowest BCUT2D eigenvalue weighted by molar-refractivity contribution is 0.102. The summed E-state index contributed by atoms with van der Waals surface area (Å²) in [7, 11) is 1.54. The van der Waals surface area contributed by atoms with E-state index in [1.54, 1.807) is 37.4 Å². The molecule has 28 heavy (non-hydrogen) atoms. The number of amides is 1. The Bertz CT molecular complexity index is 996. The van der Waals surface area contributed by atoms with Gasteiger partial charge in [0.15, 0.2) is 11.5 Å². The Morgan fingerprint density at radius 1 is 1.07 bits per heavy atom. The lowest BCUT2D eigenvalue weighted by Gasteiger charge is -2.15. The van der Waals surface area contributed by atoms with Crippen molar-refractivity contribution in [3.8, 4) is 11.5 Å². The number of nitrogens with one attached hydrogen (secondary N) is 1. The van der Waals surface area contributed by atoms with Crippen molar-refractivity contribution < 1.29 is 14.3 Å². The maximum Gasteiger partial charge on any atom is 0.255 e. The molecular weight excluding hydrogens is 465 g/mol. The molecular formula is C21H16BrCl2NO3. The minimum Gasteiger partial charge on any atom is -0.492 e. The van der Waals surface area contributed by atoms with Crippen LogP contribution in [0, 0.1) is 0 Å². The zero-order chi connectivity index (χ0) is 20.1. The van der Waals surface area contributed by atoms with Gasteiger partial charge in [-0.15, -0.1) is 0 Å². The third-order valence-electron chi connectivity index (χ3n) is 3.89. The fourth-order valence-electron chi connectivity index (χ4n) is 2.53. The van der Waals surface area contributed by atoms with Crippen molar-refractivity contribution in [1.82, 2.24) is 0 Å². The molecule has 0 aliphatic heterocycles. The van der Waals surface area contributed by atoms with Gasteiger partial charge in [-0.2, -0.15) is 0 Å². The Labute approximate surface area is 181 Å². The SMILES string of the molecule is COc1c(Br)cc(C(=O)Nc2cc(Cl)ccc2Cl)cc1OCc1ccccc1. The van der Waals surface area contributed by atoms with E-state index in [-0.39, 0.29) is 5.91 Å². The van der Waals surface area contributed by atoms with Crippen LogP contribution >= 0.6 is 39.1 Å². The predicted octanol–water partition coefficient (Wildman–Crippen LogP) is 6.60. The second kappa shape index (κ2) is 9.32.